The molecule has 0 bridgehead atoms. The van der Waals surface area contributed by atoms with Gasteiger partial charge in [-0.2, -0.15) is 0 Å². The largest absolute Gasteiger partial charge is 0.294 e. The lowest BCUT2D eigenvalue weighted by atomic mass is 10.1. The molecule has 3 heteroatoms. The van der Waals surface area contributed by atoms with E-state index in [-0.39, 0.29) is 0 Å². The van der Waals surface area contributed by atoms with Crippen LogP contribution in [0.3, 0.4) is 0 Å². The predicted molar refractivity (Wildman–Crippen MR) is 121 cm³/mol. The molecule has 5 rings (SSSR count). The second-order valence-electron chi connectivity index (χ2n) is 7.38. The number of aliphatic imine (C=N–C) groups is 1. The standard InChI is InChI=1S/C26H23N3/c1-2-13-22(14-3-1)29-24-16-7-12-21-11-6-15-23(25(21)24)26(29)28-18-5-4-9-20-10-8-17-27-19-20/h1-3,6-8,10-17,19H,4-5,9,18H2. The van der Waals surface area contributed by atoms with Crippen LogP contribution in [-0.4, -0.2) is 17.4 Å². The van der Waals surface area contributed by atoms with Gasteiger partial charge in [0.15, 0.2) is 0 Å². The third-order valence-corrected chi connectivity index (χ3v) is 5.45. The van der Waals surface area contributed by atoms with Gasteiger partial charge in [-0.1, -0.05) is 54.6 Å². The molecule has 3 aromatic carbocycles. The molecule has 0 saturated heterocycles. The van der Waals surface area contributed by atoms with Crippen molar-refractivity contribution >= 4 is 28.0 Å². The van der Waals surface area contributed by atoms with Crippen molar-refractivity contribution in [3.8, 4) is 0 Å². The van der Waals surface area contributed by atoms with E-state index in [9.17, 15) is 0 Å². The minimum Gasteiger partial charge on any atom is -0.294 e. The molecular formula is C26H23N3. The summed E-state index contributed by atoms with van der Waals surface area (Å²) >= 11 is 0. The van der Waals surface area contributed by atoms with Gasteiger partial charge in [0.25, 0.3) is 0 Å². The van der Waals surface area contributed by atoms with Crippen molar-refractivity contribution < 1.29 is 0 Å². The van der Waals surface area contributed by atoms with Crippen LogP contribution in [0.4, 0.5) is 11.4 Å². The lowest BCUT2D eigenvalue weighted by Crippen LogP contribution is -2.22. The Morgan fingerprint density at radius 2 is 1.66 bits per heavy atom. The molecule has 0 saturated carbocycles. The zero-order valence-electron chi connectivity index (χ0n) is 16.3. The molecule has 142 valence electrons. The van der Waals surface area contributed by atoms with Crippen LogP contribution >= 0.6 is 0 Å². The molecule has 0 fully saturated rings. The third kappa shape index (κ3) is 3.40. The number of unbranched alkanes of at least 4 members (excludes halogenated alkanes) is 1. The molecule has 1 aliphatic heterocycles. The van der Waals surface area contributed by atoms with E-state index in [0.717, 1.165) is 37.3 Å². The van der Waals surface area contributed by atoms with Gasteiger partial charge >= 0.3 is 0 Å². The summed E-state index contributed by atoms with van der Waals surface area (Å²) in [4.78, 5) is 11.6. The van der Waals surface area contributed by atoms with Gasteiger partial charge in [-0.3, -0.25) is 14.9 Å². The molecule has 0 N–H and O–H groups in total. The van der Waals surface area contributed by atoms with E-state index in [4.69, 9.17) is 4.99 Å². The number of anilines is 2. The summed E-state index contributed by atoms with van der Waals surface area (Å²) in [7, 11) is 0. The van der Waals surface area contributed by atoms with Gasteiger partial charge in [-0.25, -0.2) is 0 Å². The lowest BCUT2D eigenvalue weighted by molar-refractivity contribution is 0.743. The van der Waals surface area contributed by atoms with E-state index >= 15 is 0 Å². The Balaban J connectivity index is 1.42. The number of benzene rings is 3. The van der Waals surface area contributed by atoms with Gasteiger partial charge < -0.3 is 0 Å². The van der Waals surface area contributed by atoms with Crippen LogP contribution in [0.25, 0.3) is 10.8 Å². The Morgan fingerprint density at radius 3 is 2.48 bits per heavy atom. The molecule has 29 heavy (non-hydrogen) atoms. The second-order valence-corrected chi connectivity index (χ2v) is 7.38. The number of pyridine rings is 1. The topological polar surface area (TPSA) is 28.5 Å². The minimum atomic E-state index is 0.823. The highest BCUT2D eigenvalue weighted by Crippen LogP contribution is 2.41. The van der Waals surface area contributed by atoms with Gasteiger partial charge in [0.05, 0.1) is 5.69 Å². The summed E-state index contributed by atoms with van der Waals surface area (Å²) < 4.78 is 0. The van der Waals surface area contributed by atoms with Gasteiger partial charge in [0.2, 0.25) is 0 Å². The van der Waals surface area contributed by atoms with Crippen molar-refractivity contribution in [2.45, 2.75) is 19.3 Å². The normalized spacial score (nSPS) is 14.1. The number of aromatic nitrogens is 1. The van der Waals surface area contributed by atoms with E-state index in [0.29, 0.717) is 0 Å². The van der Waals surface area contributed by atoms with Crippen LogP contribution in [-0.2, 0) is 6.42 Å². The molecule has 3 nitrogen and oxygen atoms in total. The smallest absolute Gasteiger partial charge is 0.140 e. The molecule has 0 spiro atoms. The van der Waals surface area contributed by atoms with Crippen LogP contribution in [0.2, 0.25) is 0 Å². The summed E-state index contributed by atoms with van der Waals surface area (Å²) in [5, 5.41) is 2.57. The Hall–Kier alpha value is -3.46. The Bertz CT molecular complexity index is 1150. The SMILES string of the molecule is c1ccc(N2C(=NCCCCc3cccnc3)c3cccc4cccc2c34)cc1. The average Bonchev–Trinajstić information content (AvgIpc) is 3.10. The molecule has 1 aromatic heterocycles. The zero-order chi connectivity index (χ0) is 19.5. The zero-order valence-corrected chi connectivity index (χ0v) is 16.3. The maximum Gasteiger partial charge on any atom is 0.140 e. The summed E-state index contributed by atoms with van der Waals surface area (Å²) in [5.74, 6) is 1.06. The predicted octanol–water partition coefficient (Wildman–Crippen LogP) is 6.16. The maximum atomic E-state index is 5.08. The molecular weight excluding hydrogens is 354 g/mol. The summed E-state index contributed by atoms with van der Waals surface area (Å²) in [5.41, 5.74) is 4.90. The average molecular weight is 377 g/mol. The van der Waals surface area contributed by atoms with Crippen molar-refractivity contribution in [3.05, 3.63) is 102 Å². The number of para-hydroxylation sites is 1. The number of aryl methyl sites for hydroxylation is 1. The van der Waals surface area contributed by atoms with Crippen molar-refractivity contribution in [1.29, 1.82) is 0 Å². The molecule has 1 aliphatic rings. The third-order valence-electron chi connectivity index (χ3n) is 5.45. The lowest BCUT2D eigenvalue weighted by Gasteiger charge is -2.21. The van der Waals surface area contributed by atoms with Crippen LogP contribution < -0.4 is 4.90 Å². The van der Waals surface area contributed by atoms with E-state index in [1.54, 1.807) is 0 Å². The highest BCUT2D eigenvalue weighted by atomic mass is 15.2. The van der Waals surface area contributed by atoms with Crippen LogP contribution in [0.5, 0.6) is 0 Å². The van der Waals surface area contributed by atoms with E-state index in [2.05, 4.69) is 82.7 Å². The summed E-state index contributed by atoms with van der Waals surface area (Å²) in [6.45, 7) is 0.823. The molecule has 2 heterocycles. The van der Waals surface area contributed by atoms with Crippen LogP contribution in [0.1, 0.15) is 24.0 Å². The Labute approximate surface area is 171 Å². The number of amidine groups is 1. The quantitative estimate of drug-likeness (QED) is 0.377. The van der Waals surface area contributed by atoms with Crippen molar-refractivity contribution in [2.75, 3.05) is 11.4 Å². The first-order valence-corrected chi connectivity index (χ1v) is 10.2. The van der Waals surface area contributed by atoms with Gasteiger partial charge in [-0.05, 0) is 54.5 Å². The Kier molecular flexibility index (Phi) is 4.79. The van der Waals surface area contributed by atoms with E-state index in [1.165, 1.54) is 27.6 Å². The van der Waals surface area contributed by atoms with Crippen LogP contribution in [0.15, 0.2) is 96.2 Å². The molecule has 0 amide bonds. The maximum absolute atomic E-state index is 5.08. The molecule has 4 aromatic rings. The first kappa shape index (κ1) is 17.6. The van der Waals surface area contributed by atoms with E-state index in [1.807, 2.05) is 18.5 Å². The fourth-order valence-corrected chi connectivity index (χ4v) is 4.09. The van der Waals surface area contributed by atoms with Gasteiger partial charge in [0.1, 0.15) is 5.84 Å². The van der Waals surface area contributed by atoms with Crippen molar-refractivity contribution in [3.63, 3.8) is 0 Å². The van der Waals surface area contributed by atoms with Gasteiger partial charge in [-0.15, -0.1) is 0 Å². The highest BCUT2D eigenvalue weighted by molar-refractivity contribution is 6.29. The molecule has 0 radical (unpaired) electrons. The number of nitrogens with zero attached hydrogens (tertiary/aromatic N) is 3. The monoisotopic (exact) mass is 377 g/mol. The summed E-state index contributed by atoms with van der Waals surface area (Å²) in [6.07, 6.45) is 7.01. The fourth-order valence-electron chi connectivity index (χ4n) is 4.09. The number of rotatable bonds is 6. The van der Waals surface area contributed by atoms with Gasteiger partial charge in [0, 0.05) is 35.6 Å². The first-order valence-electron chi connectivity index (χ1n) is 10.2. The number of hydrogen-bond acceptors (Lipinski definition) is 2. The van der Waals surface area contributed by atoms with E-state index < -0.39 is 0 Å². The molecule has 0 aliphatic carbocycles. The molecule has 0 atom stereocenters. The fraction of sp³-hybridized carbons (Fsp3) is 0.154. The van der Waals surface area contributed by atoms with Crippen molar-refractivity contribution in [1.82, 2.24) is 4.98 Å². The first-order chi connectivity index (χ1) is 14.4. The summed E-state index contributed by atoms with van der Waals surface area (Å²) in [6, 6.07) is 27.7. The Morgan fingerprint density at radius 1 is 0.793 bits per heavy atom. The number of hydrogen-bond donors (Lipinski definition) is 0. The highest BCUT2D eigenvalue weighted by Gasteiger charge is 2.28. The molecule has 0 unspecified atom stereocenters. The van der Waals surface area contributed by atoms with Crippen LogP contribution in [0, 0.1) is 0 Å². The second kappa shape index (κ2) is 7.88. The minimum absolute atomic E-state index is 0.823. The van der Waals surface area contributed by atoms with Crippen molar-refractivity contribution in [2.24, 2.45) is 4.99 Å².